The van der Waals surface area contributed by atoms with Gasteiger partial charge in [-0.1, -0.05) is 19.1 Å². The van der Waals surface area contributed by atoms with Crippen molar-refractivity contribution in [1.82, 2.24) is 10.2 Å². The molecule has 2 rings (SSSR count). The van der Waals surface area contributed by atoms with Crippen molar-refractivity contribution < 1.29 is 0 Å². The molecule has 112 valence electrons. The quantitative estimate of drug-likeness (QED) is 0.911. The number of benzene rings is 1. The Hall–Kier alpha value is -1.06. The smallest absolute Gasteiger partial charge is 0.0388 e. The van der Waals surface area contributed by atoms with Crippen molar-refractivity contribution in [2.24, 2.45) is 0 Å². The molecular weight excluding hydrogens is 246 g/mol. The first-order valence-electron chi connectivity index (χ1n) is 7.90. The molecule has 0 aliphatic carbocycles. The lowest BCUT2D eigenvalue weighted by atomic mass is 10.1. The van der Waals surface area contributed by atoms with Gasteiger partial charge in [0.1, 0.15) is 0 Å². The minimum absolute atomic E-state index is 0.432. The van der Waals surface area contributed by atoms with E-state index in [0.717, 1.165) is 19.6 Å². The van der Waals surface area contributed by atoms with Crippen LogP contribution in [0.3, 0.4) is 0 Å². The van der Waals surface area contributed by atoms with Crippen LogP contribution in [0.2, 0.25) is 0 Å². The van der Waals surface area contributed by atoms with Gasteiger partial charge in [-0.3, -0.25) is 0 Å². The van der Waals surface area contributed by atoms with Crippen molar-refractivity contribution in [3.8, 4) is 0 Å². The third kappa shape index (κ3) is 3.74. The Balaban J connectivity index is 2.08. The Morgan fingerprint density at radius 2 is 1.95 bits per heavy atom. The number of nitrogens with zero attached hydrogens (tertiary/aromatic N) is 2. The van der Waals surface area contributed by atoms with Gasteiger partial charge in [0.15, 0.2) is 0 Å². The summed E-state index contributed by atoms with van der Waals surface area (Å²) in [5.41, 5.74) is 2.73. The summed E-state index contributed by atoms with van der Waals surface area (Å²) in [4.78, 5) is 4.98. The van der Waals surface area contributed by atoms with Crippen molar-refractivity contribution in [3.63, 3.8) is 0 Å². The fourth-order valence-corrected chi connectivity index (χ4v) is 3.13. The number of hydrogen-bond donors (Lipinski definition) is 1. The summed E-state index contributed by atoms with van der Waals surface area (Å²) in [5.74, 6) is 0. The molecule has 1 aliphatic heterocycles. The van der Waals surface area contributed by atoms with Crippen LogP contribution in [0.15, 0.2) is 24.3 Å². The van der Waals surface area contributed by atoms with Crippen LogP contribution in [0.25, 0.3) is 0 Å². The Kier molecular flexibility index (Phi) is 5.44. The van der Waals surface area contributed by atoms with E-state index in [1.807, 2.05) is 0 Å². The number of hydrogen-bond acceptors (Lipinski definition) is 3. The molecular formula is C17H29N3. The number of nitrogens with one attached hydrogen (secondary N) is 1. The molecule has 0 amide bonds. The van der Waals surface area contributed by atoms with E-state index in [9.17, 15) is 0 Å². The van der Waals surface area contributed by atoms with Crippen LogP contribution in [0.5, 0.6) is 0 Å². The zero-order chi connectivity index (χ0) is 14.5. The number of anilines is 1. The van der Waals surface area contributed by atoms with Crippen molar-refractivity contribution in [1.29, 1.82) is 0 Å². The third-order valence-electron chi connectivity index (χ3n) is 4.28. The van der Waals surface area contributed by atoms with Crippen LogP contribution in [-0.2, 0) is 0 Å². The maximum atomic E-state index is 3.47. The molecule has 0 spiro atoms. The summed E-state index contributed by atoms with van der Waals surface area (Å²) in [5, 5.41) is 3.47. The fourth-order valence-electron chi connectivity index (χ4n) is 3.13. The van der Waals surface area contributed by atoms with E-state index < -0.39 is 0 Å². The average molecular weight is 275 g/mol. The summed E-state index contributed by atoms with van der Waals surface area (Å²) >= 11 is 0. The summed E-state index contributed by atoms with van der Waals surface area (Å²) in [7, 11) is 2.22. The van der Waals surface area contributed by atoms with E-state index in [2.05, 4.69) is 67.2 Å². The molecule has 0 saturated carbocycles. The lowest BCUT2D eigenvalue weighted by Gasteiger charge is -2.30. The summed E-state index contributed by atoms with van der Waals surface area (Å²) < 4.78 is 0. The van der Waals surface area contributed by atoms with Crippen LogP contribution in [0.1, 0.15) is 38.8 Å². The first-order chi connectivity index (χ1) is 9.61. The molecule has 1 saturated heterocycles. The van der Waals surface area contributed by atoms with Crippen molar-refractivity contribution in [2.75, 3.05) is 38.1 Å². The minimum Gasteiger partial charge on any atom is -0.367 e. The summed E-state index contributed by atoms with van der Waals surface area (Å²) in [6, 6.07) is 10.1. The maximum absolute atomic E-state index is 3.47. The molecule has 0 bridgehead atoms. The van der Waals surface area contributed by atoms with Gasteiger partial charge in [-0.25, -0.2) is 0 Å². The Morgan fingerprint density at radius 3 is 2.60 bits per heavy atom. The van der Waals surface area contributed by atoms with Gasteiger partial charge in [0.25, 0.3) is 0 Å². The molecule has 1 heterocycles. The molecule has 0 radical (unpaired) electrons. The first kappa shape index (κ1) is 15.3. The number of rotatable bonds is 4. The lowest BCUT2D eigenvalue weighted by Crippen LogP contribution is -2.37. The second-order valence-corrected chi connectivity index (χ2v) is 6.03. The maximum Gasteiger partial charge on any atom is 0.0388 e. The molecule has 1 aromatic carbocycles. The minimum atomic E-state index is 0.432. The molecule has 20 heavy (non-hydrogen) atoms. The van der Waals surface area contributed by atoms with E-state index >= 15 is 0 Å². The highest BCUT2D eigenvalue weighted by atomic mass is 15.2. The van der Waals surface area contributed by atoms with Gasteiger partial charge in [0, 0.05) is 30.9 Å². The summed E-state index contributed by atoms with van der Waals surface area (Å²) in [6.07, 6.45) is 1.25. The largest absolute Gasteiger partial charge is 0.367 e. The average Bonchev–Trinajstić information content (AvgIpc) is 2.60. The molecule has 3 nitrogen and oxygen atoms in total. The molecule has 1 aromatic rings. The monoisotopic (exact) mass is 275 g/mol. The van der Waals surface area contributed by atoms with E-state index in [1.54, 1.807) is 0 Å². The normalized spacial score (nSPS) is 22.6. The molecule has 3 heteroatoms. The molecule has 1 fully saturated rings. The number of likely N-dealkylation sites (N-methyl/N-ethyl adjacent to an activating group) is 1. The van der Waals surface area contributed by atoms with Crippen molar-refractivity contribution in [2.45, 2.75) is 39.3 Å². The zero-order valence-electron chi connectivity index (χ0n) is 13.4. The Labute approximate surface area is 124 Å². The fraction of sp³-hybridized carbons (Fsp3) is 0.647. The predicted molar refractivity (Wildman–Crippen MR) is 87.5 cm³/mol. The molecule has 0 aromatic heterocycles. The first-order valence-corrected chi connectivity index (χ1v) is 7.90. The van der Waals surface area contributed by atoms with Crippen LogP contribution in [0, 0.1) is 0 Å². The van der Waals surface area contributed by atoms with Crippen LogP contribution < -0.4 is 10.2 Å². The van der Waals surface area contributed by atoms with E-state index in [4.69, 9.17) is 0 Å². The predicted octanol–water partition coefficient (Wildman–Crippen LogP) is 2.89. The SMILES string of the molecule is CCNC(C)c1ccc(N2CCCN(C)CC2C)cc1. The van der Waals surface area contributed by atoms with Crippen LogP contribution in [-0.4, -0.2) is 44.2 Å². The van der Waals surface area contributed by atoms with Gasteiger partial charge < -0.3 is 15.1 Å². The van der Waals surface area contributed by atoms with Gasteiger partial charge in [-0.2, -0.15) is 0 Å². The highest BCUT2D eigenvalue weighted by Crippen LogP contribution is 2.22. The van der Waals surface area contributed by atoms with Crippen LogP contribution >= 0.6 is 0 Å². The molecule has 1 N–H and O–H groups in total. The molecule has 1 aliphatic rings. The third-order valence-corrected chi connectivity index (χ3v) is 4.28. The zero-order valence-corrected chi connectivity index (χ0v) is 13.4. The van der Waals surface area contributed by atoms with E-state index in [-0.39, 0.29) is 0 Å². The Bertz CT molecular complexity index is 401. The second-order valence-electron chi connectivity index (χ2n) is 6.03. The highest BCUT2D eigenvalue weighted by molar-refractivity contribution is 5.49. The molecule has 2 unspecified atom stereocenters. The van der Waals surface area contributed by atoms with Gasteiger partial charge in [0.2, 0.25) is 0 Å². The van der Waals surface area contributed by atoms with Gasteiger partial charge >= 0.3 is 0 Å². The highest BCUT2D eigenvalue weighted by Gasteiger charge is 2.19. The van der Waals surface area contributed by atoms with Gasteiger partial charge in [0.05, 0.1) is 0 Å². The van der Waals surface area contributed by atoms with E-state index in [0.29, 0.717) is 12.1 Å². The molecule has 2 atom stereocenters. The van der Waals surface area contributed by atoms with E-state index in [1.165, 1.54) is 24.2 Å². The summed E-state index contributed by atoms with van der Waals surface area (Å²) in [6.45, 7) is 11.2. The van der Waals surface area contributed by atoms with Crippen molar-refractivity contribution >= 4 is 5.69 Å². The van der Waals surface area contributed by atoms with Gasteiger partial charge in [-0.15, -0.1) is 0 Å². The van der Waals surface area contributed by atoms with Gasteiger partial charge in [-0.05, 0) is 58.1 Å². The standard InChI is InChI=1S/C17H29N3/c1-5-18-15(3)16-7-9-17(10-8-16)20-12-6-11-19(4)13-14(20)2/h7-10,14-15,18H,5-6,11-13H2,1-4H3. The van der Waals surface area contributed by atoms with Crippen molar-refractivity contribution in [3.05, 3.63) is 29.8 Å². The van der Waals surface area contributed by atoms with Crippen LogP contribution in [0.4, 0.5) is 5.69 Å². The lowest BCUT2D eigenvalue weighted by molar-refractivity contribution is 0.337. The second kappa shape index (κ2) is 7.09. The Morgan fingerprint density at radius 1 is 1.25 bits per heavy atom. The topological polar surface area (TPSA) is 18.5 Å².